The Morgan fingerprint density at radius 3 is 1.00 bits per heavy atom. The van der Waals surface area contributed by atoms with Crippen molar-refractivity contribution in [1.29, 1.82) is 0 Å². The molecule has 0 aliphatic carbocycles. The van der Waals surface area contributed by atoms with Gasteiger partial charge >= 0.3 is 0 Å². The van der Waals surface area contributed by atoms with Crippen LogP contribution in [0.25, 0.3) is 6.15 Å². The SMILES string of the molecule is C[Si](C)C.[Mn].[NH2-]. The van der Waals surface area contributed by atoms with Gasteiger partial charge in [-0.15, -0.1) is 0 Å². The van der Waals surface area contributed by atoms with Gasteiger partial charge in [-0.05, 0) is 0 Å². The molecule has 0 unspecified atom stereocenters. The standard InChI is InChI=1S/C3H9Si.Mn.H2N/c1-4(2)3;;/h1-3H3;;1H2/q;;-1. The van der Waals surface area contributed by atoms with Crippen molar-refractivity contribution in [3.8, 4) is 0 Å². The van der Waals surface area contributed by atoms with Crippen molar-refractivity contribution < 1.29 is 17.1 Å². The minimum absolute atomic E-state index is 0. The molecule has 0 atom stereocenters. The van der Waals surface area contributed by atoms with Gasteiger partial charge in [0.2, 0.25) is 0 Å². The first-order valence-corrected chi connectivity index (χ1v) is 4.50. The maximum Gasteiger partial charge on any atom is 0.0379 e. The summed E-state index contributed by atoms with van der Waals surface area (Å²) in [5.41, 5.74) is 0. The van der Waals surface area contributed by atoms with E-state index in [1.165, 1.54) is 0 Å². The van der Waals surface area contributed by atoms with E-state index in [1.807, 2.05) is 0 Å². The predicted octanol–water partition coefficient (Wildman–Crippen LogP) is 2.09. The zero-order valence-corrected chi connectivity index (χ0v) is 6.64. The first-order chi connectivity index (χ1) is 1.73. The molecule has 40 valence electrons. The third-order valence-corrected chi connectivity index (χ3v) is 0. The van der Waals surface area contributed by atoms with E-state index in [9.17, 15) is 0 Å². The Bertz CT molecular complexity index is 15.5. The molecule has 0 amide bonds. The van der Waals surface area contributed by atoms with Gasteiger partial charge in [0.15, 0.2) is 0 Å². The summed E-state index contributed by atoms with van der Waals surface area (Å²) in [7, 11) is 0.120. The second kappa shape index (κ2) is 9.20. The predicted molar refractivity (Wildman–Crippen MR) is 28.6 cm³/mol. The van der Waals surface area contributed by atoms with Crippen LogP contribution in [0.5, 0.6) is 0 Å². The fourth-order valence-electron chi connectivity index (χ4n) is 0. The second-order valence-electron chi connectivity index (χ2n) is 1.50. The molecule has 6 heavy (non-hydrogen) atoms. The van der Waals surface area contributed by atoms with E-state index in [1.54, 1.807) is 0 Å². The van der Waals surface area contributed by atoms with Crippen molar-refractivity contribution in [2.45, 2.75) is 19.6 Å². The van der Waals surface area contributed by atoms with Crippen molar-refractivity contribution in [3.63, 3.8) is 0 Å². The molecule has 0 spiro atoms. The minimum Gasteiger partial charge on any atom is -0.693 e. The topological polar surface area (TPSA) is 33.5 Å². The summed E-state index contributed by atoms with van der Waals surface area (Å²) in [6, 6.07) is 0. The van der Waals surface area contributed by atoms with E-state index < -0.39 is 0 Å². The summed E-state index contributed by atoms with van der Waals surface area (Å²) in [6.07, 6.45) is 0. The molecule has 0 bridgehead atoms. The Labute approximate surface area is 52.2 Å². The van der Waals surface area contributed by atoms with Gasteiger partial charge in [-0.1, -0.05) is 19.6 Å². The van der Waals surface area contributed by atoms with Crippen molar-refractivity contribution >= 4 is 8.80 Å². The average molecular weight is 144 g/mol. The minimum atomic E-state index is 0. The van der Waals surface area contributed by atoms with Crippen LogP contribution in [0.15, 0.2) is 0 Å². The molecular formula is C3H11MnNSi-. The van der Waals surface area contributed by atoms with Gasteiger partial charge in [0.05, 0.1) is 0 Å². The Hall–Kier alpha value is 0.696. The van der Waals surface area contributed by atoms with Crippen LogP contribution in [0, 0.1) is 0 Å². The van der Waals surface area contributed by atoms with Crippen LogP contribution in [0.3, 0.4) is 0 Å². The molecule has 0 aliphatic rings. The van der Waals surface area contributed by atoms with Gasteiger partial charge in [-0.2, -0.15) is 0 Å². The van der Waals surface area contributed by atoms with Gasteiger partial charge in [-0.3, -0.25) is 0 Å². The van der Waals surface area contributed by atoms with E-state index in [0.717, 1.165) is 0 Å². The summed E-state index contributed by atoms with van der Waals surface area (Å²) in [6.45, 7) is 6.81. The maximum atomic E-state index is 2.27. The van der Waals surface area contributed by atoms with Gasteiger partial charge in [0.25, 0.3) is 0 Å². The fourth-order valence-corrected chi connectivity index (χ4v) is 0. The smallest absolute Gasteiger partial charge is 0.0379 e. The summed E-state index contributed by atoms with van der Waals surface area (Å²) in [4.78, 5) is 0. The molecule has 2 radical (unpaired) electrons. The molecule has 0 saturated carbocycles. The van der Waals surface area contributed by atoms with E-state index in [2.05, 4.69) is 19.6 Å². The zero-order chi connectivity index (χ0) is 3.58. The van der Waals surface area contributed by atoms with Gasteiger partial charge in [-0.25, -0.2) is 0 Å². The van der Waals surface area contributed by atoms with Crippen LogP contribution >= 0.6 is 0 Å². The van der Waals surface area contributed by atoms with Crippen LogP contribution in [0.1, 0.15) is 0 Å². The first-order valence-electron chi connectivity index (χ1n) is 1.50. The maximum absolute atomic E-state index is 2.27. The van der Waals surface area contributed by atoms with Crippen molar-refractivity contribution in [3.05, 3.63) is 6.15 Å². The van der Waals surface area contributed by atoms with Gasteiger partial charge < -0.3 is 6.15 Å². The van der Waals surface area contributed by atoms with E-state index in [4.69, 9.17) is 0 Å². The molecule has 3 heteroatoms. The Morgan fingerprint density at radius 2 is 1.00 bits per heavy atom. The molecule has 0 heterocycles. The van der Waals surface area contributed by atoms with Gasteiger partial charge in [0.1, 0.15) is 0 Å². The van der Waals surface area contributed by atoms with Crippen LogP contribution in [-0.2, 0) is 17.1 Å². The van der Waals surface area contributed by atoms with Crippen molar-refractivity contribution in [2.75, 3.05) is 0 Å². The largest absolute Gasteiger partial charge is 0.693 e. The van der Waals surface area contributed by atoms with Crippen LogP contribution in [0.4, 0.5) is 0 Å². The molecule has 0 fully saturated rings. The molecule has 0 rings (SSSR count). The summed E-state index contributed by atoms with van der Waals surface area (Å²) < 4.78 is 0. The van der Waals surface area contributed by atoms with Crippen LogP contribution in [0.2, 0.25) is 19.6 Å². The van der Waals surface area contributed by atoms with E-state index in [0.29, 0.717) is 0 Å². The second-order valence-corrected chi connectivity index (χ2v) is 4.50. The Balaban J connectivity index is -0.0000000450. The molecular weight excluding hydrogens is 133 g/mol. The third-order valence-electron chi connectivity index (χ3n) is 0. The zero-order valence-electron chi connectivity index (χ0n) is 4.46. The monoisotopic (exact) mass is 144 g/mol. The summed E-state index contributed by atoms with van der Waals surface area (Å²) in [5.74, 6) is 0. The molecule has 0 aromatic heterocycles. The quantitative estimate of drug-likeness (QED) is 0.466. The molecule has 1 nitrogen and oxygen atoms in total. The normalized spacial score (nSPS) is 6.00. The first kappa shape index (κ1) is 15.9. The van der Waals surface area contributed by atoms with E-state index in [-0.39, 0.29) is 32.0 Å². The van der Waals surface area contributed by atoms with Crippen LogP contribution < -0.4 is 0 Å². The Morgan fingerprint density at radius 1 is 1.00 bits per heavy atom. The van der Waals surface area contributed by atoms with Crippen molar-refractivity contribution in [2.24, 2.45) is 0 Å². The molecule has 0 saturated heterocycles. The van der Waals surface area contributed by atoms with Crippen LogP contribution in [-0.4, -0.2) is 8.80 Å². The van der Waals surface area contributed by atoms with Crippen molar-refractivity contribution in [1.82, 2.24) is 0 Å². The molecule has 0 aliphatic heterocycles. The molecule has 2 N–H and O–H groups in total. The number of hydrogen-bond donors (Lipinski definition) is 0. The third kappa shape index (κ3) is 132. The Kier molecular flexibility index (Phi) is 24.4. The molecule has 0 aromatic carbocycles. The van der Waals surface area contributed by atoms with Gasteiger partial charge in [0, 0.05) is 25.9 Å². The molecule has 0 aromatic rings. The average Bonchev–Trinajstić information content (AvgIpc) is 0.811. The number of nitrogens with two attached hydrogens (primary N) is 1. The summed E-state index contributed by atoms with van der Waals surface area (Å²) in [5, 5.41) is 0. The number of hydrogen-bond acceptors (Lipinski definition) is 0. The fraction of sp³-hybridized carbons (Fsp3) is 1.00. The summed E-state index contributed by atoms with van der Waals surface area (Å²) >= 11 is 0. The number of rotatable bonds is 0. The van der Waals surface area contributed by atoms with E-state index >= 15 is 0 Å².